The van der Waals surface area contributed by atoms with Crippen LogP contribution in [0.2, 0.25) is 0 Å². The fourth-order valence-corrected chi connectivity index (χ4v) is 2.76. The summed E-state index contributed by atoms with van der Waals surface area (Å²) in [6.07, 6.45) is 5.49. The van der Waals surface area contributed by atoms with Crippen molar-refractivity contribution in [1.82, 2.24) is 0 Å². The van der Waals surface area contributed by atoms with Crippen molar-refractivity contribution in [2.45, 2.75) is 63.9 Å². The lowest BCUT2D eigenvalue weighted by molar-refractivity contribution is -0.0198. The highest BCUT2D eigenvalue weighted by atomic mass is 16.5. The smallest absolute Gasteiger partial charge is 0.132 e. The molecule has 0 bridgehead atoms. The summed E-state index contributed by atoms with van der Waals surface area (Å²) >= 11 is 0. The van der Waals surface area contributed by atoms with Gasteiger partial charge in [0.2, 0.25) is 0 Å². The monoisotopic (exact) mass is 262 g/mol. The summed E-state index contributed by atoms with van der Waals surface area (Å²) in [5, 5.41) is 9.66. The van der Waals surface area contributed by atoms with Crippen LogP contribution in [0.1, 0.15) is 58.4 Å². The van der Waals surface area contributed by atoms with Crippen LogP contribution < -0.4 is 4.74 Å². The van der Waals surface area contributed by atoms with Gasteiger partial charge in [0.1, 0.15) is 11.4 Å². The second kappa shape index (κ2) is 5.54. The van der Waals surface area contributed by atoms with Crippen LogP contribution in [-0.4, -0.2) is 17.3 Å². The van der Waals surface area contributed by atoms with E-state index in [-0.39, 0.29) is 17.6 Å². The maximum absolute atomic E-state index is 9.66. The second-order valence-electron chi connectivity index (χ2n) is 6.78. The summed E-state index contributed by atoms with van der Waals surface area (Å²) in [5.41, 5.74) is 1.13. The zero-order valence-electron chi connectivity index (χ0n) is 12.4. The van der Waals surface area contributed by atoms with Crippen LogP contribution in [0.3, 0.4) is 0 Å². The topological polar surface area (TPSA) is 29.5 Å². The van der Waals surface area contributed by atoms with E-state index in [1.54, 1.807) is 0 Å². The zero-order valence-corrected chi connectivity index (χ0v) is 12.4. The Labute approximate surface area is 116 Å². The molecule has 1 aliphatic carbocycles. The fourth-order valence-electron chi connectivity index (χ4n) is 2.76. The van der Waals surface area contributed by atoms with E-state index in [0.717, 1.165) is 31.4 Å². The minimum absolute atomic E-state index is 0.119. The zero-order chi connectivity index (χ0) is 13.9. The standard InChI is InChI=1S/C17H26O2/c1-16(2,3)14-7-9-15(10-8-14)19-17(13-18)11-5-4-6-12-17/h7-10,18H,4-6,11-13H2,1-3H3. The molecule has 19 heavy (non-hydrogen) atoms. The van der Waals surface area contributed by atoms with Crippen LogP contribution in [-0.2, 0) is 5.41 Å². The van der Waals surface area contributed by atoms with Crippen LogP contribution in [0.15, 0.2) is 24.3 Å². The van der Waals surface area contributed by atoms with Crippen LogP contribution in [0.25, 0.3) is 0 Å². The highest BCUT2D eigenvalue weighted by molar-refractivity contribution is 5.31. The number of rotatable bonds is 3. The van der Waals surface area contributed by atoms with Gasteiger partial charge in [0.15, 0.2) is 0 Å². The van der Waals surface area contributed by atoms with Gasteiger partial charge < -0.3 is 9.84 Å². The molecule has 0 radical (unpaired) electrons. The molecule has 0 saturated heterocycles. The summed E-state index contributed by atoms with van der Waals surface area (Å²) in [6, 6.07) is 8.33. The minimum atomic E-state index is -0.346. The van der Waals surface area contributed by atoms with Gasteiger partial charge in [-0.3, -0.25) is 0 Å². The summed E-state index contributed by atoms with van der Waals surface area (Å²) in [5.74, 6) is 0.879. The molecule has 1 aromatic carbocycles. The number of aliphatic hydroxyl groups excluding tert-OH is 1. The molecule has 0 spiro atoms. The first-order valence-corrected chi connectivity index (χ1v) is 7.36. The van der Waals surface area contributed by atoms with E-state index in [9.17, 15) is 5.11 Å². The van der Waals surface area contributed by atoms with Crippen molar-refractivity contribution >= 4 is 0 Å². The van der Waals surface area contributed by atoms with Crippen molar-refractivity contribution in [2.24, 2.45) is 0 Å². The van der Waals surface area contributed by atoms with E-state index in [1.165, 1.54) is 12.0 Å². The molecule has 2 rings (SSSR count). The quantitative estimate of drug-likeness (QED) is 0.890. The normalized spacial score (nSPS) is 19.2. The summed E-state index contributed by atoms with van der Waals surface area (Å²) in [7, 11) is 0. The largest absolute Gasteiger partial charge is 0.485 e. The Bertz CT molecular complexity index is 394. The van der Waals surface area contributed by atoms with Gasteiger partial charge in [0.25, 0.3) is 0 Å². The number of hydrogen-bond donors (Lipinski definition) is 1. The first kappa shape index (κ1) is 14.4. The third kappa shape index (κ3) is 3.50. The van der Waals surface area contributed by atoms with E-state index in [4.69, 9.17) is 4.74 Å². The molecule has 0 atom stereocenters. The summed E-state index contributed by atoms with van der Waals surface area (Å²) < 4.78 is 6.11. The number of benzene rings is 1. The fraction of sp³-hybridized carbons (Fsp3) is 0.647. The van der Waals surface area contributed by atoms with Gasteiger partial charge in [-0.2, -0.15) is 0 Å². The molecule has 1 aliphatic rings. The van der Waals surface area contributed by atoms with Crippen molar-refractivity contribution in [2.75, 3.05) is 6.61 Å². The van der Waals surface area contributed by atoms with Crippen LogP contribution in [0.5, 0.6) is 5.75 Å². The Morgan fingerprint density at radius 2 is 1.63 bits per heavy atom. The van der Waals surface area contributed by atoms with E-state index in [0.29, 0.717) is 0 Å². The molecule has 0 heterocycles. The summed E-state index contributed by atoms with van der Waals surface area (Å²) in [6.45, 7) is 6.74. The molecule has 2 heteroatoms. The molecule has 1 N–H and O–H groups in total. The predicted octanol–water partition coefficient (Wildman–Crippen LogP) is 4.06. The molecule has 0 unspecified atom stereocenters. The molecule has 0 aliphatic heterocycles. The minimum Gasteiger partial charge on any atom is -0.485 e. The van der Waals surface area contributed by atoms with E-state index >= 15 is 0 Å². The Kier molecular flexibility index (Phi) is 4.19. The van der Waals surface area contributed by atoms with E-state index < -0.39 is 0 Å². The predicted molar refractivity (Wildman–Crippen MR) is 78.7 cm³/mol. The lowest BCUT2D eigenvalue weighted by Gasteiger charge is -2.36. The van der Waals surface area contributed by atoms with Crippen LogP contribution >= 0.6 is 0 Å². The molecule has 106 valence electrons. The lowest BCUT2D eigenvalue weighted by atomic mass is 9.85. The van der Waals surface area contributed by atoms with Crippen molar-refractivity contribution in [3.8, 4) is 5.75 Å². The van der Waals surface area contributed by atoms with Crippen LogP contribution in [0, 0.1) is 0 Å². The highest BCUT2D eigenvalue weighted by Gasteiger charge is 2.33. The highest BCUT2D eigenvalue weighted by Crippen LogP contribution is 2.33. The maximum atomic E-state index is 9.66. The van der Waals surface area contributed by atoms with Gasteiger partial charge in [-0.1, -0.05) is 39.3 Å². The SMILES string of the molecule is CC(C)(C)c1ccc(OC2(CO)CCCCC2)cc1. The number of hydrogen-bond acceptors (Lipinski definition) is 2. The van der Waals surface area contributed by atoms with Crippen molar-refractivity contribution in [3.05, 3.63) is 29.8 Å². The van der Waals surface area contributed by atoms with Gasteiger partial charge in [-0.25, -0.2) is 0 Å². The van der Waals surface area contributed by atoms with Gasteiger partial charge >= 0.3 is 0 Å². The Hall–Kier alpha value is -1.02. The van der Waals surface area contributed by atoms with Crippen molar-refractivity contribution in [1.29, 1.82) is 0 Å². The molecular weight excluding hydrogens is 236 g/mol. The van der Waals surface area contributed by atoms with E-state index in [1.807, 2.05) is 12.1 Å². The third-order valence-corrected chi connectivity index (χ3v) is 4.11. The molecule has 0 aromatic heterocycles. The second-order valence-corrected chi connectivity index (χ2v) is 6.78. The van der Waals surface area contributed by atoms with Gasteiger partial charge in [0, 0.05) is 0 Å². The molecule has 0 amide bonds. The Morgan fingerprint density at radius 3 is 2.11 bits per heavy atom. The van der Waals surface area contributed by atoms with Gasteiger partial charge in [-0.05, 0) is 48.8 Å². The Morgan fingerprint density at radius 1 is 1.05 bits per heavy atom. The summed E-state index contributed by atoms with van der Waals surface area (Å²) in [4.78, 5) is 0. The molecule has 1 fully saturated rings. The van der Waals surface area contributed by atoms with Gasteiger partial charge in [-0.15, -0.1) is 0 Å². The average Bonchev–Trinajstić information content (AvgIpc) is 2.39. The average molecular weight is 262 g/mol. The molecular formula is C17H26O2. The third-order valence-electron chi connectivity index (χ3n) is 4.11. The Balaban J connectivity index is 2.10. The van der Waals surface area contributed by atoms with E-state index in [2.05, 4.69) is 32.9 Å². The molecule has 1 saturated carbocycles. The first-order chi connectivity index (χ1) is 8.95. The number of aliphatic hydroxyl groups is 1. The molecule has 2 nitrogen and oxygen atoms in total. The first-order valence-electron chi connectivity index (χ1n) is 7.36. The van der Waals surface area contributed by atoms with Gasteiger partial charge in [0.05, 0.1) is 6.61 Å². The lowest BCUT2D eigenvalue weighted by Crippen LogP contribution is -2.41. The van der Waals surface area contributed by atoms with Crippen LogP contribution in [0.4, 0.5) is 0 Å². The maximum Gasteiger partial charge on any atom is 0.132 e. The molecule has 1 aromatic rings. The van der Waals surface area contributed by atoms with Crippen molar-refractivity contribution < 1.29 is 9.84 Å². The van der Waals surface area contributed by atoms with Crippen molar-refractivity contribution in [3.63, 3.8) is 0 Å². The number of ether oxygens (including phenoxy) is 1.